The zero-order valence-electron chi connectivity index (χ0n) is 16.3. The zero-order valence-corrected chi connectivity index (χ0v) is 17.1. The van der Waals surface area contributed by atoms with E-state index >= 15 is 0 Å². The van der Waals surface area contributed by atoms with Crippen LogP contribution in [0.2, 0.25) is 0 Å². The highest BCUT2D eigenvalue weighted by molar-refractivity contribution is 7.99. The number of hydrogen-bond acceptors (Lipinski definition) is 6. The fraction of sp³-hybridized carbons (Fsp3) is 0.333. The molecule has 29 heavy (non-hydrogen) atoms. The first-order valence-electron chi connectivity index (χ1n) is 9.68. The first kappa shape index (κ1) is 19.4. The summed E-state index contributed by atoms with van der Waals surface area (Å²) in [5.41, 5.74) is 1.58. The first-order valence-corrected chi connectivity index (χ1v) is 10.7. The van der Waals surface area contributed by atoms with Crippen LogP contribution in [0.3, 0.4) is 0 Å². The summed E-state index contributed by atoms with van der Waals surface area (Å²) in [4.78, 5) is 19.0. The zero-order chi connectivity index (χ0) is 20.1. The summed E-state index contributed by atoms with van der Waals surface area (Å²) in [5, 5.41) is 9.40. The summed E-state index contributed by atoms with van der Waals surface area (Å²) in [5.74, 6) is 1.86. The molecule has 2 aromatic heterocycles. The van der Waals surface area contributed by atoms with Crippen LogP contribution in [0.25, 0.3) is 17.2 Å². The van der Waals surface area contributed by atoms with Gasteiger partial charge in [0.1, 0.15) is 11.4 Å². The number of nitrogens with zero attached hydrogens (tertiary/aromatic N) is 5. The van der Waals surface area contributed by atoms with Gasteiger partial charge in [0.15, 0.2) is 11.0 Å². The van der Waals surface area contributed by atoms with Gasteiger partial charge in [-0.2, -0.15) is 0 Å². The third kappa shape index (κ3) is 4.42. The fourth-order valence-corrected chi connectivity index (χ4v) is 4.22. The van der Waals surface area contributed by atoms with E-state index in [4.69, 9.17) is 4.74 Å². The van der Waals surface area contributed by atoms with Gasteiger partial charge in [0.05, 0.1) is 18.6 Å². The second-order valence-corrected chi connectivity index (χ2v) is 7.73. The number of benzene rings is 1. The molecule has 1 aliphatic heterocycles. The molecule has 0 radical (unpaired) electrons. The topological polar surface area (TPSA) is 73.1 Å². The molecule has 1 saturated heterocycles. The molecule has 0 N–H and O–H groups in total. The predicted octanol–water partition coefficient (Wildman–Crippen LogP) is 3.44. The molecule has 3 aromatic rings. The van der Waals surface area contributed by atoms with E-state index in [1.54, 1.807) is 13.3 Å². The van der Waals surface area contributed by atoms with Gasteiger partial charge in [-0.1, -0.05) is 23.9 Å². The highest BCUT2D eigenvalue weighted by atomic mass is 32.2. The van der Waals surface area contributed by atoms with Crippen LogP contribution < -0.4 is 4.74 Å². The van der Waals surface area contributed by atoms with E-state index in [9.17, 15) is 4.79 Å². The monoisotopic (exact) mass is 409 g/mol. The van der Waals surface area contributed by atoms with Crippen LogP contribution in [0.1, 0.15) is 19.3 Å². The molecule has 8 heteroatoms. The van der Waals surface area contributed by atoms with Crippen LogP contribution >= 0.6 is 11.8 Å². The second-order valence-electron chi connectivity index (χ2n) is 6.79. The van der Waals surface area contributed by atoms with Crippen LogP contribution in [0.5, 0.6) is 5.75 Å². The lowest BCUT2D eigenvalue weighted by Crippen LogP contribution is -2.36. The van der Waals surface area contributed by atoms with E-state index in [1.807, 2.05) is 51.9 Å². The molecule has 1 amide bonds. The molecule has 0 spiro atoms. The molecule has 1 fully saturated rings. The van der Waals surface area contributed by atoms with Crippen molar-refractivity contribution in [1.29, 1.82) is 0 Å². The van der Waals surface area contributed by atoms with Gasteiger partial charge in [-0.15, -0.1) is 10.2 Å². The molecule has 4 rings (SSSR count). The van der Waals surface area contributed by atoms with Crippen molar-refractivity contribution in [3.63, 3.8) is 0 Å². The number of thioether (sulfide) groups is 1. The van der Waals surface area contributed by atoms with Crippen molar-refractivity contribution in [1.82, 2.24) is 24.6 Å². The van der Waals surface area contributed by atoms with E-state index in [0.29, 0.717) is 16.7 Å². The van der Waals surface area contributed by atoms with Crippen LogP contribution in [0.4, 0.5) is 0 Å². The van der Waals surface area contributed by atoms with Crippen LogP contribution in [0.15, 0.2) is 53.8 Å². The number of carbonyl (C=O) groups is 1. The van der Waals surface area contributed by atoms with Gasteiger partial charge in [-0.05, 0) is 43.5 Å². The van der Waals surface area contributed by atoms with Gasteiger partial charge in [-0.3, -0.25) is 14.3 Å². The Morgan fingerprint density at radius 1 is 1.10 bits per heavy atom. The number of amides is 1. The van der Waals surface area contributed by atoms with Crippen LogP contribution in [-0.2, 0) is 4.79 Å². The molecule has 1 aliphatic rings. The Hall–Kier alpha value is -2.87. The number of ether oxygens (including phenoxy) is 1. The van der Waals surface area contributed by atoms with E-state index in [1.165, 1.54) is 18.2 Å². The Morgan fingerprint density at radius 2 is 1.97 bits per heavy atom. The highest BCUT2D eigenvalue weighted by Crippen LogP contribution is 2.29. The molecule has 7 nitrogen and oxygen atoms in total. The van der Waals surface area contributed by atoms with Crippen molar-refractivity contribution >= 4 is 17.7 Å². The van der Waals surface area contributed by atoms with Crippen molar-refractivity contribution in [2.24, 2.45) is 0 Å². The Kier molecular flexibility index (Phi) is 6.09. The molecule has 0 atom stereocenters. The Balaban J connectivity index is 1.64. The van der Waals surface area contributed by atoms with E-state index in [2.05, 4.69) is 15.2 Å². The summed E-state index contributed by atoms with van der Waals surface area (Å²) in [7, 11) is 1.64. The second kappa shape index (κ2) is 9.09. The van der Waals surface area contributed by atoms with E-state index < -0.39 is 0 Å². The SMILES string of the molecule is COc1cccc(-n2c(SCC(=O)N3CCCCC3)nnc2-c2ccccn2)c1. The lowest BCUT2D eigenvalue weighted by Gasteiger charge is -2.26. The van der Waals surface area contributed by atoms with Gasteiger partial charge in [0.2, 0.25) is 5.91 Å². The Bertz CT molecular complexity index is 970. The number of methoxy groups -OCH3 is 1. The maximum atomic E-state index is 12.6. The quantitative estimate of drug-likeness (QED) is 0.581. The smallest absolute Gasteiger partial charge is 0.233 e. The summed E-state index contributed by atoms with van der Waals surface area (Å²) < 4.78 is 7.31. The molecular formula is C21H23N5O2S. The molecule has 0 saturated carbocycles. The molecule has 0 bridgehead atoms. The molecule has 1 aromatic carbocycles. The van der Waals surface area contributed by atoms with Crippen molar-refractivity contribution in [2.75, 3.05) is 26.0 Å². The minimum atomic E-state index is 0.147. The van der Waals surface area contributed by atoms with Gasteiger partial charge < -0.3 is 9.64 Å². The lowest BCUT2D eigenvalue weighted by molar-refractivity contribution is -0.129. The number of aromatic nitrogens is 4. The molecule has 3 heterocycles. The first-order chi connectivity index (χ1) is 14.3. The predicted molar refractivity (Wildman–Crippen MR) is 112 cm³/mol. The Labute approximate surface area is 174 Å². The molecule has 0 aliphatic carbocycles. The number of hydrogen-bond donors (Lipinski definition) is 0. The average molecular weight is 410 g/mol. The fourth-order valence-electron chi connectivity index (χ4n) is 3.37. The maximum Gasteiger partial charge on any atom is 0.233 e. The minimum absolute atomic E-state index is 0.147. The van der Waals surface area contributed by atoms with Crippen molar-refractivity contribution in [3.8, 4) is 23.0 Å². The van der Waals surface area contributed by atoms with Crippen molar-refractivity contribution in [3.05, 3.63) is 48.7 Å². The summed E-state index contributed by atoms with van der Waals surface area (Å²) in [6.07, 6.45) is 5.10. The third-order valence-electron chi connectivity index (χ3n) is 4.87. The van der Waals surface area contributed by atoms with Crippen molar-refractivity contribution < 1.29 is 9.53 Å². The minimum Gasteiger partial charge on any atom is -0.497 e. The summed E-state index contributed by atoms with van der Waals surface area (Å²) in [6.45, 7) is 1.70. The van der Waals surface area contributed by atoms with Gasteiger partial charge in [-0.25, -0.2) is 0 Å². The standard InChI is InChI=1S/C21H23N5O2S/c1-28-17-9-7-8-16(14-17)26-20(18-10-3-4-11-22-18)23-24-21(26)29-15-19(27)25-12-5-2-6-13-25/h3-4,7-11,14H,2,5-6,12-13,15H2,1H3. The largest absolute Gasteiger partial charge is 0.497 e. The number of piperidine rings is 1. The number of pyridine rings is 1. The molecule has 150 valence electrons. The van der Waals surface area contributed by atoms with Crippen LogP contribution in [-0.4, -0.2) is 56.5 Å². The van der Waals surface area contributed by atoms with Gasteiger partial charge >= 0.3 is 0 Å². The third-order valence-corrected chi connectivity index (χ3v) is 5.79. The van der Waals surface area contributed by atoms with Crippen molar-refractivity contribution in [2.45, 2.75) is 24.4 Å². The number of likely N-dealkylation sites (tertiary alicyclic amines) is 1. The Morgan fingerprint density at radius 3 is 2.72 bits per heavy atom. The van der Waals surface area contributed by atoms with E-state index in [0.717, 1.165) is 43.1 Å². The molecular weight excluding hydrogens is 386 g/mol. The van der Waals surface area contributed by atoms with Crippen LogP contribution in [0, 0.1) is 0 Å². The average Bonchev–Trinajstić information content (AvgIpc) is 3.22. The highest BCUT2D eigenvalue weighted by Gasteiger charge is 2.21. The van der Waals surface area contributed by atoms with E-state index in [-0.39, 0.29) is 5.91 Å². The maximum absolute atomic E-state index is 12.6. The summed E-state index contributed by atoms with van der Waals surface area (Å²) >= 11 is 1.40. The summed E-state index contributed by atoms with van der Waals surface area (Å²) in [6, 6.07) is 13.4. The number of rotatable bonds is 6. The van der Waals surface area contributed by atoms with Gasteiger partial charge in [0.25, 0.3) is 0 Å². The molecule has 0 unspecified atom stereocenters. The lowest BCUT2D eigenvalue weighted by atomic mass is 10.1. The number of carbonyl (C=O) groups excluding carboxylic acids is 1. The normalized spacial score (nSPS) is 14.0. The van der Waals surface area contributed by atoms with Gasteiger partial charge in [0, 0.05) is 25.4 Å².